The molecule has 0 spiro atoms. The lowest BCUT2D eigenvalue weighted by Gasteiger charge is -2.54. The monoisotopic (exact) mass is 413 g/mol. The number of rotatable bonds is 3. The van der Waals surface area contributed by atoms with Crippen molar-refractivity contribution in [2.24, 2.45) is 11.8 Å². The minimum atomic E-state index is -0.284. The molecular formula is C24H32FN3O2. The maximum absolute atomic E-state index is 13.4. The number of likely N-dealkylation sites (tertiary alicyclic amines) is 2. The first-order valence-corrected chi connectivity index (χ1v) is 11.6. The Hall–Kier alpha value is -1.95. The molecule has 162 valence electrons. The van der Waals surface area contributed by atoms with Crippen molar-refractivity contribution in [3.05, 3.63) is 35.6 Å². The number of halogens is 1. The van der Waals surface area contributed by atoms with Crippen LogP contribution >= 0.6 is 0 Å². The van der Waals surface area contributed by atoms with Crippen LogP contribution in [0.15, 0.2) is 24.3 Å². The molecule has 0 aliphatic carbocycles. The molecule has 0 N–H and O–H groups in total. The predicted molar refractivity (Wildman–Crippen MR) is 112 cm³/mol. The summed E-state index contributed by atoms with van der Waals surface area (Å²) in [7, 11) is 0. The zero-order chi connectivity index (χ0) is 20.7. The molecular weight excluding hydrogens is 381 g/mol. The standard InChI is InChI=1S/C24H32FN3O2/c25-20-4-1-3-17(12-20)13-24(30)26-9-7-21(8-10-26)27-14-18-11-19(16-27)22-5-2-6-23(29)28(22)15-18/h1,3-4,12,18-19,21-22H,2,5-11,13-16H2/t18-,19-,22-/m1/s1. The quantitative estimate of drug-likeness (QED) is 0.765. The smallest absolute Gasteiger partial charge is 0.226 e. The van der Waals surface area contributed by atoms with E-state index in [9.17, 15) is 14.0 Å². The predicted octanol–water partition coefficient (Wildman–Crippen LogP) is 2.69. The third-order valence-electron chi connectivity index (χ3n) is 7.79. The van der Waals surface area contributed by atoms with Crippen LogP contribution in [0.1, 0.15) is 44.1 Å². The van der Waals surface area contributed by atoms with E-state index in [1.165, 1.54) is 25.0 Å². The second-order valence-electron chi connectivity index (χ2n) is 9.74. The second kappa shape index (κ2) is 8.29. The SMILES string of the molecule is O=C(Cc1cccc(F)c1)N1CCC(N2C[C@H]3C[C@H](C2)[C@H]2CCCC(=O)N2C3)CC1. The number of carbonyl (C=O) groups excluding carboxylic acids is 2. The summed E-state index contributed by atoms with van der Waals surface area (Å²) >= 11 is 0. The first kappa shape index (κ1) is 20.0. The summed E-state index contributed by atoms with van der Waals surface area (Å²) in [4.78, 5) is 31.8. The molecule has 0 saturated carbocycles. The van der Waals surface area contributed by atoms with Crippen molar-refractivity contribution in [1.82, 2.24) is 14.7 Å². The van der Waals surface area contributed by atoms with Crippen molar-refractivity contribution in [1.29, 1.82) is 0 Å². The van der Waals surface area contributed by atoms with Gasteiger partial charge >= 0.3 is 0 Å². The molecule has 2 bridgehead atoms. The highest BCUT2D eigenvalue weighted by Gasteiger charge is 2.45. The molecule has 4 aliphatic heterocycles. The summed E-state index contributed by atoms with van der Waals surface area (Å²) < 4.78 is 13.4. The highest BCUT2D eigenvalue weighted by atomic mass is 19.1. The minimum Gasteiger partial charge on any atom is -0.342 e. The average Bonchev–Trinajstić information content (AvgIpc) is 2.74. The van der Waals surface area contributed by atoms with Gasteiger partial charge in [-0.15, -0.1) is 0 Å². The van der Waals surface area contributed by atoms with E-state index in [0.717, 1.165) is 64.0 Å². The zero-order valence-corrected chi connectivity index (χ0v) is 17.6. The summed E-state index contributed by atoms with van der Waals surface area (Å²) in [5.41, 5.74) is 0.748. The lowest BCUT2D eigenvalue weighted by atomic mass is 9.75. The van der Waals surface area contributed by atoms with Gasteiger partial charge in [0.25, 0.3) is 0 Å². The largest absolute Gasteiger partial charge is 0.342 e. The van der Waals surface area contributed by atoms with Gasteiger partial charge in [0, 0.05) is 51.2 Å². The van der Waals surface area contributed by atoms with Crippen LogP contribution in [-0.4, -0.2) is 71.3 Å². The molecule has 5 nitrogen and oxygen atoms in total. The number of hydrogen-bond donors (Lipinski definition) is 0. The van der Waals surface area contributed by atoms with Crippen LogP contribution in [0.3, 0.4) is 0 Å². The summed E-state index contributed by atoms with van der Waals surface area (Å²) in [5.74, 6) is 1.42. The molecule has 6 heteroatoms. The number of amides is 2. The molecule has 3 atom stereocenters. The molecule has 30 heavy (non-hydrogen) atoms. The fourth-order valence-electron chi connectivity index (χ4n) is 6.36. The Balaban J connectivity index is 1.15. The van der Waals surface area contributed by atoms with Crippen molar-refractivity contribution in [2.45, 2.75) is 57.0 Å². The van der Waals surface area contributed by atoms with Crippen LogP contribution < -0.4 is 0 Å². The van der Waals surface area contributed by atoms with Crippen LogP contribution in [0.5, 0.6) is 0 Å². The van der Waals surface area contributed by atoms with E-state index < -0.39 is 0 Å². The van der Waals surface area contributed by atoms with Crippen molar-refractivity contribution in [2.75, 3.05) is 32.7 Å². The Morgan fingerprint density at radius 3 is 2.73 bits per heavy atom. The molecule has 4 fully saturated rings. The lowest BCUT2D eigenvalue weighted by molar-refractivity contribution is -0.146. The molecule has 0 aromatic heterocycles. The molecule has 4 aliphatic rings. The highest BCUT2D eigenvalue weighted by molar-refractivity contribution is 5.79. The third kappa shape index (κ3) is 3.98. The number of nitrogens with zero attached hydrogens (tertiary/aromatic N) is 3. The van der Waals surface area contributed by atoms with Gasteiger partial charge in [-0.2, -0.15) is 0 Å². The van der Waals surface area contributed by atoms with Crippen LogP contribution in [0.4, 0.5) is 4.39 Å². The number of benzene rings is 1. The van der Waals surface area contributed by atoms with Crippen molar-refractivity contribution in [3.63, 3.8) is 0 Å². The minimum absolute atomic E-state index is 0.103. The second-order valence-corrected chi connectivity index (χ2v) is 9.74. The van der Waals surface area contributed by atoms with E-state index in [1.54, 1.807) is 6.07 Å². The number of fused-ring (bicyclic) bond motifs is 4. The molecule has 1 aromatic carbocycles. The van der Waals surface area contributed by atoms with E-state index in [2.05, 4.69) is 9.80 Å². The maximum atomic E-state index is 13.4. The van der Waals surface area contributed by atoms with Crippen molar-refractivity contribution in [3.8, 4) is 0 Å². The molecule has 2 amide bonds. The molecule has 0 unspecified atom stereocenters. The van der Waals surface area contributed by atoms with Gasteiger partial charge < -0.3 is 9.80 Å². The van der Waals surface area contributed by atoms with Gasteiger partial charge in [0.1, 0.15) is 5.82 Å². The number of hydrogen-bond acceptors (Lipinski definition) is 3. The summed E-state index contributed by atoms with van der Waals surface area (Å²) in [6.07, 6.45) is 6.54. The van der Waals surface area contributed by atoms with E-state index >= 15 is 0 Å². The fraction of sp³-hybridized carbons (Fsp3) is 0.667. The van der Waals surface area contributed by atoms with Gasteiger partial charge in [0.05, 0.1) is 6.42 Å². The first-order valence-electron chi connectivity index (χ1n) is 11.6. The summed E-state index contributed by atoms with van der Waals surface area (Å²) in [5, 5.41) is 0. The number of piperidine rings is 4. The molecule has 1 aromatic rings. The highest BCUT2D eigenvalue weighted by Crippen LogP contribution is 2.39. The Morgan fingerprint density at radius 1 is 1.10 bits per heavy atom. The Morgan fingerprint density at radius 2 is 1.93 bits per heavy atom. The van der Waals surface area contributed by atoms with Gasteiger partial charge in [-0.05, 0) is 61.6 Å². The van der Waals surface area contributed by atoms with E-state index in [0.29, 0.717) is 29.8 Å². The lowest BCUT2D eigenvalue weighted by Crippen LogP contribution is -2.62. The van der Waals surface area contributed by atoms with Crippen LogP contribution in [0.25, 0.3) is 0 Å². The van der Waals surface area contributed by atoms with Crippen LogP contribution in [0, 0.1) is 17.7 Å². The van der Waals surface area contributed by atoms with Gasteiger partial charge in [0.15, 0.2) is 0 Å². The van der Waals surface area contributed by atoms with Crippen molar-refractivity contribution < 1.29 is 14.0 Å². The molecule has 0 radical (unpaired) electrons. The van der Waals surface area contributed by atoms with Crippen molar-refractivity contribution >= 4 is 11.8 Å². The molecule has 4 saturated heterocycles. The maximum Gasteiger partial charge on any atom is 0.226 e. The van der Waals surface area contributed by atoms with E-state index in [-0.39, 0.29) is 18.1 Å². The average molecular weight is 414 g/mol. The Labute approximate surface area is 178 Å². The molecule has 4 heterocycles. The number of carbonyl (C=O) groups is 2. The van der Waals surface area contributed by atoms with Gasteiger partial charge in [0.2, 0.25) is 11.8 Å². The van der Waals surface area contributed by atoms with Crippen LogP contribution in [0.2, 0.25) is 0 Å². The Kier molecular flexibility index (Phi) is 5.52. The summed E-state index contributed by atoms with van der Waals surface area (Å²) in [6, 6.07) is 7.35. The zero-order valence-electron chi connectivity index (χ0n) is 17.6. The third-order valence-corrected chi connectivity index (χ3v) is 7.79. The van der Waals surface area contributed by atoms with Gasteiger partial charge in [-0.25, -0.2) is 4.39 Å². The topological polar surface area (TPSA) is 43.9 Å². The van der Waals surface area contributed by atoms with Gasteiger partial charge in [-0.3, -0.25) is 14.5 Å². The molecule has 5 rings (SSSR count). The van der Waals surface area contributed by atoms with E-state index in [4.69, 9.17) is 0 Å². The van der Waals surface area contributed by atoms with E-state index in [1.807, 2.05) is 11.0 Å². The normalized spacial score (nSPS) is 30.3. The van der Waals surface area contributed by atoms with Crippen LogP contribution in [-0.2, 0) is 16.0 Å². The fourth-order valence-corrected chi connectivity index (χ4v) is 6.36. The Bertz CT molecular complexity index is 807. The first-order chi connectivity index (χ1) is 14.6. The summed E-state index contributed by atoms with van der Waals surface area (Å²) in [6.45, 7) is 4.72. The van der Waals surface area contributed by atoms with Gasteiger partial charge in [-0.1, -0.05) is 12.1 Å².